The van der Waals surface area contributed by atoms with E-state index in [-0.39, 0.29) is 12.1 Å². The molecule has 0 aromatic heterocycles. The van der Waals surface area contributed by atoms with Crippen molar-refractivity contribution in [3.8, 4) is 0 Å². The minimum Gasteiger partial charge on any atom is -0.457 e. The summed E-state index contributed by atoms with van der Waals surface area (Å²) in [4.78, 5) is 11.0. The van der Waals surface area contributed by atoms with Crippen LogP contribution in [0.1, 0.15) is 30.9 Å². The lowest BCUT2D eigenvalue weighted by molar-refractivity contribution is -0.154. The second kappa shape index (κ2) is 3.60. The van der Waals surface area contributed by atoms with Gasteiger partial charge in [-0.3, -0.25) is 4.79 Å². The first-order valence-corrected chi connectivity index (χ1v) is 4.61. The molecule has 1 aliphatic rings. The molecule has 1 aliphatic heterocycles. The van der Waals surface area contributed by atoms with Gasteiger partial charge in [-0.05, 0) is 18.4 Å². The average Bonchev–Trinajstić information content (AvgIpc) is 2.19. The van der Waals surface area contributed by atoms with Crippen LogP contribution in [0.15, 0.2) is 30.3 Å². The average molecular weight is 177 g/mol. The Hall–Kier alpha value is -1.31. The van der Waals surface area contributed by atoms with Crippen LogP contribution >= 0.6 is 0 Å². The second-order valence-corrected chi connectivity index (χ2v) is 3.28. The van der Waals surface area contributed by atoms with Gasteiger partial charge in [-0.25, -0.2) is 0 Å². The highest BCUT2D eigenvalue weighted by Gasteiger charge is 2.21. The molecular formula is C11H12O2. The Morgan fingerprint density at radius 2 is 2.00 bits per heavy atom. The van der Waals surface area contributed by atoms with Crippen LogP contribution in [0.4, 0.5) is 0 Å². The van der Waals surface area contributed by atoms with Crippen LogP contribution in [-0.2, 0) is 9.53 Å². The number of cyclic esters (lactones) is 1. The van der Waals surface area contributed by atoms with Gasteiger partial charge in [0.1, 0.15) is 6.10 Å². The molecule has 2 nitrogen and oxygen atoms in total. The lowest BCUT2D eigenvalue weighted by atomic mass is 10.0. The third kappa shape index (κ3) is 1.89. The fourth-order valence-corrected chi connectivity index (χ4v) is 1.61. The molecule has 0 bridgehead atoms. The SMILES string of the molecule is [17O]=C1CCCC(c2ccccc2)O1. The van der Waals surface area contributed by atoms with Gasteiger partial charge in [0.25, 0.3) is 0 Å². The van der Waals surface area contributed by atoms with Crippen LogP contribution in [0.25, 0.3) is 0 Å². The minimum atomic E-state index is -0.0693. The fraction of sp³-hybridized carbons (Fsp3) is 0.364. The van der Waals surface area contributed by atoms with Crippen molar-refractivity contribution in [2.45, 2.75) is 25.4 Å². The van der Waals surface area contributed by atoms with Crippen LogP contribution in [0.2, 0.25) is 0 Å². The number of carbonyl (C=O) groups is 1. The summed E-state index contributed by atoms with van der Waals surface area (Å²) in [5, 5.41) is 0. The number of hydrogen-bond donors (Lipinski definition) is 0. The van der Waals surface area contributed by atoms with Crippen LogP contribution in [0, 0.1) is 0 Å². The van der Waals surface area contributed by atoms with Crippen molar-refractivity contribution < 1.29 is 9.53 Å². The predicted molar refractivity (Wildman–Crippen MR) is 49.1 cm³/mol. The van der Waals surface area contributed by atoms with E-state index in [9.17, 15) is 4.79 Å². The zero-order chi connectivity index (χ0) is 9.10. The molecule has 1 fully saturated rings. The molecule has 0 saturated carbocycles. The van der Waals surface area contributed by atoms with Crippen molar-refractivity contribution in [2.24, 2.45) is 0 Å². The zero-order valence-electron chi connectivity index (χ0n) is 7.40. The monoisotopic (exact) mass is 177 g/mol. The molecule has 1 heterocycles. The predicted octanol–water partition coefficient (Wildman–Crippen LogP) is 2.45. The number of benzene rings is 1. The van der Waals surface area contributed by atoms with E-state index in [0.29, 0.717) is 6.42 Å². The molecule has 0 N–H and O–H groups in total. The normalized spacial score (nSPS) is 22.5. The van der Waals surface area contributed by atoms with Gasteiger partial charge in [0.2, 0.25) is 0 Å². The number of esters is 1. The lowest BCUT2D eigenvalue weighted by Gasteiger charge is -2.22. The largest absolute Gasteiger partial charge is 0.457 e. The Labute approximate surface area is 77.5 Å². The third-order valence-electron chi connectivity index (χ3n) is 2.29. The highest BCUT2D eigenvalue weighted by molar-refractivity contribution is 5.70. The Morgan fingerprint density at radius 1 is 1.23 bits per heavy atom. The quantitative estimate of drug-likeness (QED) is 0.616. The highest BCUT2D eigenvalue weighted by atomic mass is 17.1. The van der Waals surface area contributed by atoms with E-state index < -0.39 is 0 Å². The fourth-order valence-electron chi connectivity index (χ4n) is 1.61. The molecule has 2 heteroatoms. The summed E-state index contributed by atoms with van der Waals surface area (Å²) < 4.78 is 5.23. The molecule has 0 aliphatic carbocycles. The number of rotatable bonds is 1. The maximum Gasteiger partial charge on any atom is 0.306 e. The molecule has 0 spiro atoms. The molecule has 1 aromatic rings. The third-order valence-corrected chi connectivity index (χ3v) is 2.29. The van der Waals surface area contributed by atoms with Crippen LogP contribution in [-0.4, -0.2) is 5.97 Å². The zero-order valence-corrected chi connectivity index (χ0v) is 7.40. The summed E-state index contributed by atoms with van der Waals surface area (Å²) in [6.07, 6.45) is 2.46. The van der Waals surface area contributed by atoms with Gasteiger partial charge in [0.05, 0.1) is 0 Å². The molecule has 68 valence electrons. The smallest absolute Gasteiger partial charge is 0.306 e. The van der Waals surface area contributed by atoms with Crippen molar-refractivity contribution in [3.63, 3.8) is 0 Å². The standard InChI is InChI=1S/C11H12O2/c12-11-8-4-7-10(13-11)9-5-2-1-3-6-9/h1-3,5-6,10H,4,7-8H2/i12+1. The van der Waals surface area contributed by atoms with Gasteiger partial charge in [-0.2, -0.15) is 0 Å². The first-order valence-electron chi connectivity index (χ1n) is 4.61. The molecule has 2 rings (SSSR count). The Kier molecular flexibility index (Phi) is 2.30. The molecule has 13 heavy (non-hydrogen) atoms. The Morgan fingerprint density at radius 3 is 2.69 bits per heavy atom. The van der Waals surface area contributed by atoms with E-state index in [1.54, 1.807) is 0 Å². The van der Waals surface area contributed by atoms with E-state index in [1.165, 1.54) is 0 Å². The first-order chi connectivity index (χ1) is 6.36. The summed E-state index contributed by atoms with van der Waals surface area (Å²) in [6, 6.07) is 9.91. The van der Waals surface area contributed by atoms with E-state index in [0.717, 1.165) is 18.4 Å². The molecule has 0 amide bonds. The molecule has 1 aromatic carbocycles. The lowest BCUT2D eigenvalue weighted by Crippen LogP contribution is -2.16. The minimum absolute atomic E-state index is 0.0116. The highest BCUT2D eigenvalue weighted by Crippen LogP contribution is 2.27. The summed E-state index contributed by atoms with van der Waals surface area (Å²) in [6.45, 7) is 0. The van der Waals surface area contributed by atoms with Crippen molar-refractivity contribution in [1.29, 1.82) is 0 Å². The molecule has 1 saturated heterocycles. The summed E-state index contributed by atoms with van der Waals surface area (Å²) in [5.41, 5.74) is 1.11. The summed E-state index contributed by atoms with van der Waals surface area (Å²) >= 11 is 0. The maximum absolute atomic E-state index is 11.0. The number of hydrogen-bond acceptors (Lipinski definition) is 2. The summed E-state index contributed by atoms with van der Waals surface area (Å²) in [5.74, 6) is -0.0693. The number of ether oxygens (including phenoxy) is 1. The van der Waals surface area contributed by atoms with Gasteiger partial charge in [0, 0.05) is 6.42 Å². The van der Waals surface area contributed by atoms with Crippen LogP contribution in [0.3, 0.4) is 0 Å². The van der Waals surface area contributed by atoms with Gasteiger partial charge in [0.15, 0.2) is 0 Å². The van der Waals surface area contributed by atoms with Crippen molar-refractivity contribution in [2.75, 3.05) is 0 Å². The molecule has 1 atom stereocenters. The van der Waals surface area contributed by atoms with E-state index in [1.807, 2.05) is 30.3 Å². The molecular weight excluding hydrogens is 165 g/mol. The van der Waals surface area contributed by atoms with Gasteiger partial charge >= 0.3 is 5.97 Å². The summed E-state index contributed by atoms with van der Waals surface area (Å²) in [7, 11) is 0. The number of carbonyl (C=O) groups excluding carboxylic acids is 1. The second-order valence-electron chi connectivity index (χ2n) is 3.28. The molecule has 1 unspecified atom stereocenters. The van der Waals surface area contributed by atoms with Gasteiger partial charge in [-0.15, -0.1) is 0 Å². The van der Waals surface area contributed by atoms with Crippen molar-refractivity contribution >= 4 is 5.97 Å². The Balaban J connectivity index is 2.13. The van der Waals surface area contributed by atoms with E-state index in [2.05, 4.69) is 0 Å². The van der Waals surface area contributed by atoms with Gasteiger partial charge < -0.3 is 4.74 Å². The van der Waals surface area contributed by atoms with Crippen molar-refractivity contribution in [1.82, 2.24) is 0 Å². The van der Waals surface area contributed by atoms with E-state index in [4.69, 9.17) is 4.74 Å². The van der Waals surface area contributed by atoms with Crippen molar-refractivity contribution in [3.05, 3.63) is 35.9 Å². The van der Waals surface area contributed by atoms with Gasteiger partial charge in [-0.1, -0.05) is 30.3 Å². The maximum atomic E-state index is 11.0. The van der Waals surface area contributed by atoms with Crippen LogP contribution in [0.5, 0.6) is 0 Å². The topological polar surface area (TPSA) is 26.3 Å². The Bertz CT molecular complexity index is 292. The first kappa shape index (κ1) is 8.30. The van der Waals surface area contributed by atoms with E-state index >= 15 is 0 Å². The van der Waals surface area contributed by atoms with Crippen LogP contribution < -0.4 is 0 Å². The molecule has 0 radical (unpaired) electrons.